The highest BCUT2D eigenvalue weighted by atomic mass is 35.5. The van der Waals surface area contributed by atoms with Gasteiger partial charge in [0.25, 0.3) is 0 Å². The number of nitrogens with one attached hydrogen (secondary N) is 2. The molecule has 3 aromatic rings. The van der Waals surface area contributed by atoms with Crippen molar-refractivity contribution < 1.29 is 0 Å². The third-order valence-corrected chi connectivity index (χ3v) is 5.79. The highest BCUT2D eigenvalue weighted by Gasteiger charge is 2.12. The number of hydrogen-bond donors (Lipinski definition) is 2. The van der Waals surface area contributed by atoms with Gasteiger partial charge in [-0.2, -0.15) is 0 Å². The molecule has 0 aliphatic rings. The van der Waals surface area contributed by atoms with Crippen LogP contribution in [0.5, 0.6) is 0 Å². The van der Waals surface area contributed by atoms with E-state index in [1.807, 2.05) is 24.3 Å². The molecule has 1 atom stereocenters. The molecule has 3 rings (SSSR count). The van der Waals surface area contributed by atoms with Crippen LogP contribution in [0.15, 0.2) is 53.1 Å². The van der Waals surface area contributed by atoms with E-state index in [4.69, 9.17) is 16.6 Å². The molecule has 1 aromatic carbocycles. The summed E-state index contributed by atoms with van der Waals surface area (Å²) in [6, 6.07) is 12.3. The summed E-state index contributed by atoms with van der Waals surface area (Å²) in [4.78, 5) is 6.10. The summed E-state index contributed by atoms with van der Waals surface area (Å²) in [5, 5.41) is 18.0. The zero-order chi connectivity index (χ0) is 20.5. The molecular formula is C21H27ClN6S. The Hall–Kier alpha value is -2.38. The Morgan fingerprint density at radius 2 is 2.17 bits per heavy atom. The molecule has 8 heteroatoms. The number of aliphatic imine (C=N–C) groups is 1. The number of halogens is 1. The predicted octanol–water partition coefficient (Wildman–Crippen LogP) is 4.44. The van der Waals surface area contributed by atoms with E-state index in [9.17, 15) is 0 Å². The quantitative estimate of drug-likeness (QED) is 0.389. The van der Waals surface area contributed by atoms with Crippen molar-refractivity contribution in [2.75, 3.05) is 6.54 Å². The largest absolute Gasteiger partial charge is 0.355 e. The van der Waals surface area contributed by atoms with Gasteiger partial charge in [-0.1, -0.05) is 43.6 Å². The topological polar surface area (TPSA) is 67.1 Å². The van der Waals surface area contributed by atoms with Crippen LogP contribution in [0.3, 0.4) is 0 Å². The van der Waals surface area contributed by atoms with Crippen LogP contribution in [0.1, 0.15) is 42.6 Å². The summed E-state index contributed by atoms with van der Waals surface area (Å²) >= 11 is 7.87. The molecule has 0 fully saturated rings. The first-order valence-corrected chi connectivity index (χ1v) is 11.1. The van der Waals surface area contributed by atoms with Gasteiger partial charge in [-0.3, -0.25) is 0 Å². The highest BCUT2D eigenvalue weighted by molar-refractivity contribution is 7.10. The third kappa shape index (κ3) is 6.30. The molecule has 29 heavy (non-hydrogen) atoms. The summed E-state index contributed by atoms with van der Waals surface area (Å²) in [5.74, 6) is 1.78. The lowest BCUT2D eigenvalue weighted by Crippen LogP contribution is -2.40. The molecule has 2 N–H and O–H groups in total. The van der Waals surface area contributed by atoms with Crippen molar-refractivity contribution in [3.05, 3.63) is 69.4 Å². The Bertz CT molecular complexity index is 906. The molecule has 0 bridgehead atoms. The van der Waals surface area contributed by atoms with Crippen molar-refractivity contribution in [3.63, 3.8) is 0 Å². The van der Waals surface area contributed by atoms with Crippen molar-refractivity contribution in [1.82, 2.24) is 25.4 Å². The van der Waals surface area contributed by atoms with Gasteiger partial charge < -0.3 is 15.2 Å². The van der Waals surface area contributed by atoms with Crippen molar-refractivity contribution >= 4 is 28.9 Å². The smallest absolute Gasteiger partial charge is 0.192 e. The van der Waals surface area contributed by atoms with E-state index in [0.29, 0.717) is 6.54 Å². The monoisotopic (exact) mass is 430 g/mol. The van der Waals surface area contributed by atoms with Crippen molar-refractivity contribution in [2.45, 2.75) is 45.8 Å². The Morgan fingerprint density at radius 1 is 1.28 bits per heavy atom. The van der Waals surface area contributed by atoms with Crippen molar-refractivity contribution in [1.29, 1.82) is 0 Å². The second-order valence-electron chi connectivity index (χ2n) is 6.64. The van der Waals surface area contributed by atoms with Gasteiger partial charge in [0.05, 0.1) is 12.6 Å². The van der Waals surface area contributed by atoms with Gasteiger partial charge in [-0.15, -0.1) is 21.5 Å². The Balaban J connectivity index is 1.68. The van der Waals surface area contributed by atoms with E-state index in [1.54, 1.807) is 17.7 Å². The summed E-state index contributed by atoms with van der Waals surface area (Å²) in [6.45, 7) is 6.33. The summed E-state index contributed by atoms with van der Waals surface area (Å²) in [6.07, 6.45) is 3.62. The van der Waals surface area contributed by atoms with Crippen LogP contribution in [0.4, 0.5) is 0 Å². The number of thiophene rings is 1. The number of benzene rings is 1. The minimum absolute atomic E-state index is 0.224. The maximum atomic E-state index is 6.11. The zero-order valence-electron chi connectivity index (χ0n) is 16.8. The Kier molecular flexibility index (Phi) is 8.07. The molecule has 1 unspecified atom stereocenters. The Labute approximate surface area is 181 Å². The molecule has 0 spiro atoms. The number of aromatic nitrogens is 3. The normalized spacial score (nSPS) is 12.7. The van der Waals surface area contributed by atoms with E-state index >= 15 is 0 Å². The van der Waals surface area contributed by atoms with Crippen LogP contribution in [0.25, 0.3) is 0 Å². The lowest BCUT2D eigenvalue weighted by atomic mass is 10.2. The van der Waals surface area contributed by atoms with E-state index < -0.39 is 0 Å². The number of hydrogen-bond acceptors (Lipinski definition) is 4. The van der Waals surface area contributed by atoms with E-state index in [-0.39, 0.29) is 6.04 Å². The van der Waals surface area contributed by atoms with Crippen molar-refractivity contribution in [2.24, 2.45) is 4.99 Å². The van der Waals surface area contributed by atoms with Crippen LogP contribution < -0.4 is 10.6 Å². The minimum Gasteiger partial charge on any atom is -0.355 e. The van der Waals surface area contributed by atoms with Gasteiger partial charge in [0.15, 0.2) is 5.96 Å². The van der Waals surface area contributed by atoms with E-state index in [2.05, 4.69) is 56.8 Å². The second-order valence-corrected chi connectivity index (χ2v) is 8.05. The van der Waals surface area contributed by atoms with Gasteiger partial charge in [-0.05, 0) is 35.6 Å². The molecule has 0 radical (unpaired) electrons. The van der Waals surface area contributed by atoms with Crippen LogP contribution in [-0.4, -0.2) is 27.3 Å². The molecule has 0 saturated heterocycles. The van der Waals surface area contributed by atoms with Crippen LogP contribution in [0.2, 0.25) is 5.02 Å². The highest BCUT2D eigenvalue weighted by Crippen LogP contribution is 2.21. The van der Waals surface area contributed by atoms with E-state index in [0.717, 1.165) is 48.3 Å². The lowest BCUT2D eigenvalue weighted by molar-refractivity contribution is 0.595. The van der Waals surface area contributed by atoms with Crippen molar-refractivity contribution in [3.8, 4) is 0 Å². The van der Waals surface area contributed by atoms with Crippen LogP contribution in [0, 0.1) is 0 Å². The molecule has 0 amide bonds. The second kappa shape index (κ2) is 11.0. The molecule has 0 saturated carbocycles. The predicted molar refractivity (Wildman–Crippen MR) is 120 cm³/mol. The number of aryl methyl sites for hydroxylation is 1. The minimum atomic E-state index is 0.224. The maximum Gasteiger partial charge on any atom is 0.192 e. The molecular weight excluding hydrogens is 404 g/mol. The number of guanidine groups is 1. The van der Waals surface area contributed by atoms with Gasteiger partial charge in [-0.25, -0.2) is 4.99 Å². The number of nitrogens with zero attached hydrogens (tertiary/aromatic N) is 4. The number of rotatable bonds is 9. The van der Waals surface area contributed by atoms with Gasteiger partial charge in [0.1, 0.15) is 12.2 Å². The first-order chi connectivity index (χ1) is 14.2. The Morgan fingerprint density at radius 3 is 2.90 bits per heavy atom. The fraction of sp³-hybridized carbons (Fsp3) is 0.381. The first kappa shape index (κ1) is 21.3. The SMILES string of the molecule is CCc1nncn1CCNC(=NCc1cccc(Cl)c1)NC(CC)c1cccs1. The molecule has 2 aromatic heterocycles. The molecule has 2 heterocycles. The third-order valence-electron chi connectivity index (χ3n) is 4.57. The zero-order valence-corrected chi connectivity index (χ0v) is 18.4. The first-order valence-electron chi connectivity index (χ1n) is 9.89. The summed E-state index contributed by atoms with van der Waals surface area (Å²) in [5.41, 5.74) is 1.08. The maximum absolute atomic E-state index is 6.11. The fourth-order valence-electron chi connectivity index (χ4n) is 3.02. The average molecular weight is 431 g/mol. The molecule has 154 valence electrons. The summed E-state index contributed by atoms with van der Waals surface area (Å²) < 4.78 is 2.07. The van der Waals surface area contributed by atoms with Crippen LogP contribution >= 0.6 is 22.9 Å². The van der Waals surface area contributed by atoms with Gasteiger partial charge in [0.2, 0.25) is 0 Å². The van der Waals surface area contributed by atoms with Crippen LogP contribution in [-0.2, 0) is 19.5 Å². The van der Waals surface area contributed by atoms with Gasteiger partial charge in [0, 0.05) is 29.4 Å². The average Bonchev–Trinajstić information content (AvgIpc) is 3.41. The molecule has 0 aliphatic carbocycles. The molecule has 0 aliphatic heterocycles. The standard InChI is InChI=1S/C21H27ClN6S/c1-3-18(19-9-6-12-29-19)26-21(24-14-16-7-5-8-17(22)13-16)23-10-11-28-15-25-27-20(28)4-2/h5-9,12-13,15,18H,3-4,10-11,14H2,1-2H3,(H2,23,24,26). The summed E-state index contributed by atoms with van der Waals surface area (Å²) in [7, 11) is 0. The van der Waals surface area contributed by atoms with E-state index in [1.165, 1.54) is 4.88 Å². The lowest BCUT2D eigenvalue weighted by Gasteiger charge is -2.20. The fourth-order valence-corrected chi connectivity index (χ4v) is 4.10. The molecule has 6 nitrogen and oxygen atoms in total. The van der Waals surface area contributed by atoms with Gasteiger partial charge >= 0.3 is 0 Å².